The predicted octanol–water partition coefficient (Wildman–Crippen LogP) is 15.6. The van der Waals surface area contributed by atoms with Crippen molar-refractivity contribution in [3.63, 3.8) is 0 Å². The van der Waals surface area contributed by atoms with Crippen molar-refractivity contribution in [3.8, 4) is 0 Å². The van der Waals surface area contributed by atoms with Crippen molar-refractivity contribution in [2.24, 2.45) is 5.73 Å². The average Bonchev–Trinajstić information content (AvgIpc) is 3.27. The summed E-state index contributed by atoms with van der Waals surface area (Å²) < 4.78 is 32.8. The lowest BCUT2D eigenvalue weighted by Crippen LogP contribution is -2.29. The Morgan fingerprint density at radius 3 is 1.32 bits per heavy atom. The van der Waals surface area contributed by atoms with Gasteiger partial charge in [-0.2, -0.15) is 0 Å². The van der Waals surface area contributed by atoms with Gasteiger partial charge in [0.15, 0.2) is 6.10 Å². The molecule has 0 aliphatic heterocycles. The standard InChI is InChI=1S/C53H96NO8P/c1-3-5-7-9-11-13-15-16-17-18-19-20-21-22-23-24-25-26-27-28-29-30-31-32-33-34-36-38-40-42-44-46-53(56)62-51(50-61-63(57,58)60-48-47-54)49-59-52(55)45-43-41-39-37-35-14-12-10-8-6-4-2/h5,7,10-13,16-17,19-20,51H,3-4,6,8-9,14-15,18,21-50,54H2,1-2H3,(H,57,58)/b7-5-,12-10-,13-11-,17-16-,20-19-. The summed E-state index contributed by atoms with van der Waals surface area (Å²) in [5.74, 6) is -0.835. The van der Waals surface area contributed by atoms with Crippen molar-refractivity contribution in [2.45, 2.75) is 238 Å². The third-order valence-electron chi connectivity index (χ3n) is 10.9. The molecule has 0 aromatic heterocycles. The van der Waals surface area contributed by atoms with E-state index in [9.17, 15) is 19.0 Å². The summed E-state index contributed by atoms with van der Waals surface area (Å²) in [5, 5.41) is 0. The number of hydrogen-bond acceptors (Lipinski definition) is 8. The number of phosphoric acid groups is 1. The molecule has 10 heteroatoms. The normalized spacial score (nSPS) is 13.7. The van der Waals surface area contributed by atoms with Gasteiger partial charge in [-0.3, -0.25) is 18.6 Å². The average molecular weight is 906 g/mol. The zero-order chi connectivity index (χ0) is 46.0. The first-order chi connectivity index (χ1) is 30.8. The highest BCUT2D eigenvalue weighted by molar-refractivity contribution is 7.47. The third-order valence-corrected chi connectivity index (χ3v) is 11.9. The number of rotatable bonds is 48. The molecule has 0 heterocycles. The SMILES string of the molecule is CC/C=C\C/C=C\C/C=C\C/C=C\CCCCCCCCCCCCCCCCCCCCC(=O)OC(COC(=O)CCCCCCC/C=C\CCCC)COP(=O)(O)OCCN. The predicted molar refractivity (Wildman–Crippen MR) is 266 cm³/mol. The monoisotopic (exact) mass is 906 g/mol. The van der Waals surface area contributed by atoms with Crippen molar-refractivity contribution >= 4 is 19.8 Å². The molecule has 0 aliphatic rings. The summed E-state index contributed by atoms with van der Waals surface area (Å²) >= 11 is 0. The lowest BCUT2D eigenvalue weighted by molar-refractivity contribution is -0.161. The van der Waals surface area contributed by atoms with Crippen LogP contribution < -0.4 is 5.73 Å². The van der Waals surface area contributed by atoms with E-state index >= 15 is 0 Å². The smallest absolute Gasteiger partial charge is 0.462 e. The molecular weight excluding hydrogens is 810 g/mol. The van der Waals surface area contributed by atoms with Gasteiger partial charge in [0.25, 0.3) is 0 Å². The number of esters is 2. The molecule has 2 atom stereocenters. The molecule has 0 spiro atoms. The fraction of sp³-hybridized carbons (Fsp3) is 0.774. The highest BCUT2D eigenvalue weighted by Gasteiger charge is 2.26. The van der Waals surface area contributed by atoms with Gasteiger partial charge >= 0.3 is 19.8 Å². The molecule has 63 heavy (non-hydrogen) atoms. The molecule has 0 saturated carbocycles. The molecule has 0 rings (SSSR count). The summed E-state index contributed by atoms with van der Waals surface area (Å²) in [7, 11) is -4.38. The van der Waals surface area contributed by atoms with E-state index in [1.807, 2.05) is 0 Å². The van der Waals surface area contributed by atoms with Crippen molar-refractivity contribution in [2.75, 3.05) is 26.4 Å². The van der Waals surface area contributed by atoms with Crippen LogP contribution in [0.3, 0.4) is 0 Å². The van der Waals surface area contributed by atoms with E-state index in [-0.39, 0.29) is 32.6 Å². The molecule has 2 unspecified atom stereocenters. The fourth-order valence-electron chi connectivity index (χ4n) is 7.08. The van der Waals surface area contributed by atoms with E-state index in [2.05, 4.69) is 74.6 Å². The Labute approximate surface area is 387 Å². The summed E-state index contributed by atoms with van der Waals surface area (Å²) in [6.45, 7) is 3.59. The number of hydrogen-bond donors (Lipinski definition) is 2. The molecule has 0 bridgehead atoms. The number of carbonyl (C=O) groups is 2. The molecule has 0 radical (unpaired) electrons. The number of ether oxygens (including phenoxy) is 2. The summed E-state index contributed by atoms with van der Waals surface area (Å²) in [5.41, 5.74) is 5.36. The lowest BCUT2D eigenvalue weighted by atomic mass is 10.0. The van der Waals surface area contributed by atoms with Gasteiger partial charge in [0.2, 0.25) is 0 Å². The first-order valence-electron chi connectivity index (χ1n) is 25.8. The van der Waals surface area contributed by atoms with Gasteiger partial charge in [-0.1, -0.05) is 209 Å². The van der Waals surface area contributed by atoms with Crippen molar-refractivity contribution < 1.29 is 37.6 Å². The molecule has 3 N–H and O–H groups in total. The van der Waals surface area contributed by atoms with Crippen molar-refractivity contribution in [1.82, 2.24) is 0 Å². The Balaban J connectivity index is 3.88. The van der Waals surface area contributed by atoms with Gasteiger partial charge in [0.05, 0.1) is 13.2 Å². The van der Waals surface area contributed by atoms with Crippen LogP contribution in [0.15, 0.2) is 60.8 Å². The van der Waals surface area contributed by atoms with E-state index in [4.69, 9.17) is 24.3 Å². The number of unbranched alkanes of at least 4 members (excludes halogenated alkanes) is 25. The lowest BCUT2D eigenvalue weighted by Gasteiger charge is -2.19. The van der Waals surface area contributed by atoms with Crippen LogP contribution >= 0.6 is 7.82 Å². The Kier molecular flexibility index (Phi) is 47.4. The van der Waals surface area contributed by atoms with Crippen LogP contribution in [0.1, 0.15) is 232 Å². The number of phosphoric ester groups is 1. The van der Waals surface area contributed by atoms with Crippen LogP contribution in [0.4, 0.5) is 0 Å². The van der Waals surface area contributed by atoms with Crippen LogP contribution in [0.2, 0.25) is 0 Å². The topological polar surface area (TPSA) is 134 Å². The molecule has 0 aromatic carbocycles. The van der Waals surface area contributed by atoms with Gasteiger partial charge < -0.3 is 20.1 Å². The van der Waals surface area contributed by atoms with E-state index < -0.39 is 32.5 Å². The second-order valence-corrected chi connectivity index (χ2v) is 18.5. The van der Waals surface area contributed by atoms with E-state index in [1.54, 1.807) is 0 Å². The first-order valence-corrected chi connectivity index (χ1v) is 27.3. The zero-order valence-electron chi connectivity index (χ0n) is 40.6. The zero-order valence-corrected chi connectivity index (χ0v) is 41.4. The highest BCUT2D eigenvalue weighted by Crippen LogP contribution is 2.43. The Bertz CT molecular complexity index is 1220. The maximum absolute atomic E-state index is 12.6. The Morgan fingerprint density at radius 1 is 0.492 bits per heavy atom. The van der Waals surface area contributed by atoms with E-state index in [1.165, 1.54) is 109 Å². The molecule has 366 valence electrons. The van der Waals surface area contributed by atoms with Crippen molar-refractivity contribution in [1.29, 1.82) is 0 Å². The molecular formula is C53H96NO8P. The van der Waals surface area contributed by atoms with Crippen LogP contribution in [0.5, 0.6) is 0 Å². The second-order valence-electron chi connectivity index (χ2n) is 17.0. The largest absolute Gasteiger partial charge is 0.472 e. The van der Waals surface area contributed by atoms with Gasteiger partial charge in [-0.25, -0.2) is 4.57 Å². The van der Waals surface area contributed by atoms with Gasteiger partial charge in [-0.05, 0) is 70.6 Å². The molecule has 0 aliphatic carbocycles. The van der Waals surface area contributed by atoms with Crippen LogP contribution in [0, 0.1) is 0 Å². The molecule has 0 amide bonds. The molecule has 0 fully saturated rings. The number of allylic oxidation sites excluding steroid dienone is 10. The minimum Gasteiger partial charge on any atom is -0.462 e. The third kappa shape index (κ3) is 49.0. The second kappa shape index (κ2) is 49.2. The maximum atomic E-state index is 12.6. The Morgan fingerprint density at radius 2 is 0.873 bits per heavy atom. The summed E-state index contributed by atoms with van der Waals surface area (Å²) in [4.78, 5) is 34.9. The summed E-state index contributed by atoms with van der Waals surface area (Å²) in [6, 6.07) is 0. The van der Waals surface area contributed by atoms with Crippen LogP contribution in [-0.2, 0) is 32.7 Å². The quantitative estimate of drug-likeness (QED) is 0.0265. The molecule has 0 saturated heterocycles. The maximum Gasteiger partial charge on any atom is 0.472 e. The van der Waals surface area contributed by atoms with Gasteiger partial charge in [0, 0.05) is 19.4 Å². The number of nitrogens with two attached hydrogens (primary N) is 1. The van der Waals surface area contributed by atoms with E-state index in [0.29, 0.717) is 6.42 Å². The fourth-order valence-corrected chi connectivity index (χ4v) is 7.84. The minimum atomic E-state index is -4.38. The van der Waals surface area contributed by atoms with Crippen molar-refractivity contribution in [3.05, 3.63) is 60.8 Å². The number of carbonyl (C=O) groups excluding carboxylic acids is 2. The van der Waals surface area contributed by atoms with Crippen LogP contribution in [-0.4, -0.2) is 49.3 Å². The minimum absolute atomic E-state index is 0.0519. The molecule has 0 aromatic rings. The first kappa shape index (κ1) is 60.7. The van der Waals surface area contributed by atoms with Gasteiger partial charge in [0.1, 0.15) is 6.61 Å². The Hall–Kier alpha value is -2.29. The van der Waals surface area contributed by atoms with Gasteiger partial charge in [-0.15, -0.1) is 0 Å². The molecule has 9 nitrogen and oxygen atoms in total. The summed E-state index contributed by atoms with van der Waals surface area (Å²) in [6.07, 6.45) is 60.0. The highest BCUT2D eigenvalue weighted by atomic mass is 31.2. The van der Waals surface area contributed by atoms with Crippen LogP contribution in [0.25, 0.3) is 0 Å². The van der Waals surface area contributed by atoms with E-state index in [0.717, 1.165) is 89.9 Å².